The van der Waals surface area contributed by atoms with E-state index >= 15 is 0 Å². The molecule has 0 spiro atoms. The Morgan fingerprint density at radius 3 is 1.62 bits per heavy atom. The normalized spacial score (nSPS) is 11.4. The highest BCUT2D eigenvalue weighted by Gasteiger charge is 2.14. The van der Waals surface area contributed by atoms with Gasteiger partial charge in [0.05, 0.1) is 10.6 Å². The molecule has 124 valence electrons. The molecule has 0 N–H and O–H groups in total. The molecular formula is C20H12N4O2. The van der Waals surface area contributed by atoms with Crippen molar-refractivity contribution < 1.29 is 4.92 Å². The lowest BCUT2D eigenvalue weighted by Crippen LogP contribution is -1.98. The summed E-state index contributed by atoms with van der Waals surface area (Å²) >= 11 is 0. The highest BCUT2D eigenvalue weighted by molar-refractivity contribution is 6.22. The fourth-order valence-corrected chi connectivity index (χ4v) is 3.34. The number of nitrogens with zero attached hydrogens (tertiary/aromatic N) is 4. The van der Waals surface area contributed by atoms with E-state index in [1.165, 1.54) is 16.9 Å². The second-order valence-corrected chi connectivity index (χ2v) is 6.05. The van der Waals surface area contributed by atoms with Gasteiger partial charge in [-0.25, -0.2) is 0 Å². The topological polar surface area (TPSA) is 73.8 Å². The number of aromatic nitrogens is 3. The van der Waals surface area contributed by atoms with Gasteiger partial charge in [-0.15, -0.1) is 10.2 Å². The number of rotatable bonds is 2. The van der Waals surface area contributed by atoms with Crippen molar-refractivity contribution in [3.05, 3.63) is 82.9 Å². The van der Waals surface area contributed by atoms with E-state index in [1.807, 2.05) is 36.4 Å². The number of benzene rings is 4. The van der Waals surface area contributed by atoms with Crippen LogP contribution in [0.25, 0.3) is 38.3 Å². The minimum absolute atomic E-state index is 0.0429. The first kappa shape index (κ1) is 14.5. The van der Waals surface area contributed by atoms with Gasteiger partial charge in [-0.05, 0) is 22.9 Å². The van der Waals surface area contributed by atoms with Crippen molar-refractivity contribution in [2.24, 2.45) is 0 Å². The Morgan fingerprint density at radius 2 is 1.15 bits per heavy atom. The SMILES string of the molecule is O=[N+]([O-])c1ccc(-n2nc3c4ccccc4c4ccccc4c3n2)cc1. The first-order chi connectivity index (χ1) is 12.7. The molecule has 6 nitrogen and oxygen atoms in total. The third-order valence-electron chi connectivity index (χ3n) is 4.56. The molecule has 0 radical (unpaired) electrons. The number of non-ortho nitro benzene ring substituents is 1. The summed E-state index contributed by atoms with van der Waals surface area (Å²) in [5.41, 5.74) is 2.36. The number of nitro benzene ring substituents is 1. The van der Waals surface area contributed by atoms with Crippen LogP contribution < -0.4 is 0 Å². The molecule has 0 bridgehead atoms. The van der Waals surface area contributed by atoms with Crippen LogP contribution in [0.1, 0.15) is 0 Å². The van der Waals surface area contributed by atoms with Crippen LogP contribution in [0.2, 0.25) is 0 Å². The van der Waals surface area contributed by atoms with Crippen molar-refractivity contribution in [3.8, 4) is 5.69 Å². The maximum absolute atomic E-state index is 10.8. The zero-order valence-corrected chi connectivity index (χ0v) is 13.5. The molecule has 1 heterocycles. The summed E-state index contributed by atoms with van der Waals surface area (Å²) in [4.78, 5) is 12.0. The Hall–Kier alpha value is -3.80. The summed E-state index contributed by atoms with van der Waals surface area (Å²) < 4.78 is 0. The smallest absolute Gasteiger partial charge is 0.258 e. The minimum Gasteiger partial charge on any atom is -0.258 e. The van der Waals surface area contributed by atoms with E-state index in [2.05, 4.69) is 22.3 Å². The van der Waals surface area contributed by atoms with Gasteiger partial charge in [-0.3, -0.25) is 10.1 Å². The molecule has 6 heteroatoms. The molecule has 5 rings (SSSR count). The first-order valence-corrected chi connectivity index (χ1v) is 8.14. The Bertz CT molecular complexity index is 1230. The zero-order chi connectivity index (χ0) is 17.7. The zero-order valence-electron chi connectivity index (χ0n) is 13.5. The van der Waals surface area contributed by atoms with E-state index in [-0.39, 0.29) is 5.69 Å². The van der Waals surface area contributed by atoms with Gasteiger partial charge in [-0.1, -0.05) is 48.5 Å². The monoisotopic (exact) mass is 340 g/mol. The Kier molecular flexibility index (Phi) is 2.99. The van der Waals surface area contributed by atoms with Crippen LogP contribution in [-0.2, 0) is 0 Å². The van der Waals surface area contributed by atoms with E-state index < -0.39 is 4.92 Å². The van der Waals surface area contributed by atoms with E-state index in [0.717, 1.165) is 32.6 Å². The van der Waals surface area contributed by atoms with Crippen molar-refractivity contribution in [2.45, 2.75) is 0 Å². The van der Waals surface area contributed by atoms with Gasteiger partial charge in [0, 0.05) is 22.9 Å². The molecule has 0 saturated carbocycles. The standard InChI is InChI=1S/C20H12N4O2/c25-24(26)14-11-9-13(10-12-14)23-21-19-17-7-3-1-5-15(17)16-6-2-4-8-18(16)20(19)22-23/h1-12H. The number of nitro groups is 1. The summed E-state index contributed by atoms with van der Waals surface area (Å²) in [6.45, 7) is 0. The van der Waals surface area contributed by atoms with Crippen molar-refractivity contribution in [1.29, 1.82) is 0 Å². The van der Waals surface area contributed by atoms with Gasteiger partial charge in [0.1, 0.15) is 11.0 Å². The van der Waals surface area contributed by atoms with Crippen molar-refractivity contribution >= 4 is 38.3 Å². The average Bonchev–Trinajstić information content (AvgIpc) is 3.14. The summed E-state index contributed by atoms with van der Waals surface area (Å²) in [6, 6.07) is 22.5. The Balaban J connectivity index is 1.83. The maximum atomic E-state index is 10.8. The van der Waals surface area contributed by atoms with Gasteiger partial charge in [-0.2, -0.15) is 4.80 Å². The molecule has 5 aromatic rings. The average molecular weight is 340 g/mol. The molecular weight excluding hydrogens is 328 g/mol. The van der Waals surface area contributed by atoms with Crippen molar-refractivity contribution in [3.63, 3.8) is 0 Å². The maximum Gasteiger partial charge on any atom is 0.269 e. The predicted octanol–water partition coefficient (Wildman–Crippen LogP) is 4.64. The summed E-state index contributed by atoms with van der Waals surface area (Å²) in [6.07, 6.45) is 0. The lowest BCUT2D eigenvalue weighted by atomic mass is 10.0. The predicted molar refractivity (Wildman–Crippen MR) is 101 cm³/mol. The molecule has 1 aromatic heterocycles. The van der Waals surface area contributed by atoms with Crippen LogP contribution in [0.15, 0.2) is 72.8 Å². The third kappa shape index (κ3) is 2.05. The fourth-order valence-electron chi connectivity index (χ4n) is 3.34. The summed E-state index contributed by atoms with van der Waals surface area (Å²) in [5.74, 6) is 0. The van der Waals surface area contributed by atoms with Gasteiger partial charge in [0.2, 0.25) is 0 Å². The molecule has 0 aliphatic heterocycles. The van der Waals surface area contributed by atoms with Gasteiger partial charge >= 0.3 is 0 Å². The van der Waals surface area contributed by atoms with Crippen LogP contribution in [-0.4, -0.2) is 19.9 Å². The summed E-state index contributed by atoms with van der Waals surface area (Å²) in [5, 5.41) is 24.5. The first-order valence-electron chi connectivity index (χ1n) is 8.14. The summed E-state index contributed by atoms with van der Waals surface area (Å²) in [7, 11) is 0. The van der Waals surface area contributed by atoms with Gasteiger partial charge < -0.3 is 0 Å². The Morgan fingerprint density at radius 1 is 0.692 bits per heavy atom. The second-order valence-electron chi connectivity index (χ2n) is 6.05. The van der Waals surface area contributed by atoms with Crippen LogP contribution in [0.5, 0.6) is 0 Å². The number of hydrogen-bond acceptors (Lipinski definition) is 4. The molecule has 0 fully saturated rings. The van der Waals surface area contributed by atoms with Crippen molar-refractivity contribution in [1.82, 2.24) is 15.0 Å². The molecule has 26 heavy (non-hydrogen) atoms. The molecule has 0 amide bonds. The largest absolute Gasteiger partial charge is 0.269 e. The Labute approximate surface area is 147 Å². The van der Waals surface area contributed by atoms with E-state index in [0.29, 0.717) is 5.69 Å². The van der Waals surface area contributed by atoms with Gasteiger partial charge in [0.25, 0.3) is 5.69 Å². The molecule has 0 atom stereocenters. The minimum atomic E-state index is -0.419. The lowest BCUT2D eigenvalue weighted by molar-refractivity contribution is -0.384. The number of hydrogen-bond donors (Lipinski definition) is 0. The second kappa shape index (κ2) is 5.35. The third-order valence-corrected chi connectivity index (χ3v) is 4.56. The van der Waals surface area contributed by atoms with E-state index in [1.54, 1.807) is 12.1 Å². The number of fused-ring (bicyclic) bond motifs is 6. The lowest BCUT2D eigenvalue weighted by Gasteiger charge is -2.04. The fraction of sp³-hybridized carbons (Fsp3) is 0. The van der Waals surface area contributed by atoms with Gasteiger partial charge in [0.15, 0.2) is 0 Å². The molecule has 0 saturated heterocycles. The van der Waals surface area contributed by atoms with Crippen molar-refractivity contribution in [2.75, 3.05) is 0 Å². The molecule has 4 aromatic carbocycles. The van der Waals surface area contributed by atoms with Crippen LogP contribution in [0.4, 0.5) is 5.69 Å². The molecule has 0 unspecified atom stereocenters. The molecule has 0 aliphatic rings. The van der Waals surface area contributed by atoms with Crippen LogP contribution in [0, 0.1) is 10.1 Å². The van der Waals surface area contributed by atoms with E-state index in [4.69, 9.17) is 0 Å². The molecule has 0 aliphatic carbocycles. The highest BCUT2D eigenvalue weighted by atomic mass is 16.6. The quantitative estimate of drug-likeness (QED) is 0.267. The van der Waals surface area contributed by atoms with Crippen LogP contribution >= 0.6 is 0 Å². The van der Waals surface area contributed by atoms with Crippen LogP contribution in [0.3, 0.4) is 0 Å². The van der Waals surface area contributed by atoms with E-state index in [9.17, 15) is 10.1 Å². The highest BCUT2D eigenvalue weighted by Crippen LogP contribution is 2.33.